The van der Waals surface area contributed by atoms with E-state index in [1.54, 1.807) is 38.3 Å². The van der Waals surface area contributed by atoms with Gasteiger partial charge < -0.3 is 20.1 Å². The van der Waals surface area contributed by atoms with Crippen molar-refractivity contribution in [3.05, 3.63) is 29.8 Å². The number of methoxy groups -OCH3 is 1. The predicted octanol–water partition coefficient (Wildman–Crippen LogP) is 1.04. The van der Waals surface area contributed by atoms with Crippen LogP contribution in [0.4, 0.5) is 5.69 Å². The van der Waals surface area contributed by atoms with E-state index in [1.807, 2.05) is 0 Å². The van der Waals surface area contributed by atoms with E-state index in [9.17, 15) is 9.59 Å². The zero-order valence-corrected chi connectivity index (χ0v) is 11.8. The molecule has 6 nitrogen and oxygen atoms in total. The van der Waals surface area contributed by atoms with Crippen LogP contribution in [0.2, 0.25) is 0 Å². The van der Waals surface area contributed by atoms with Crippen LogP contribution in [0.5, 0.6) is 0 Å². The number of benzene rings is 1. The summed E-state index contributed by atoms with van der Waals surface area (Å²) in [5.74, 6) is -0.517. The van der Waals surface area contributed by atoms with Crippen LogP contribution in [0.3, 0.4) is 0 Å². The molecule has 0 fully saturated rings. The Kier molecular flexibility index (Phi) is 7.31. The highest BCUT2D eigenvalue weighted by Crippen LogP contribution is 2.10. The van der Waals surface area contributed by atoms with Crippen molar-refractivity contribution in [2.45, 2.75) is 6.92 Å². The summed E-state index contributed by atoms with van der Waals surface area (Å²) in [6.45, 7) is 3.48. The Morgan fingerprint density at radius 3 is 2.50 bits per heavy atom. The lowest BCUT2D eigenvalue weighted by Gasteiger charge is -2.07. The monoisotopic (exact) mass is 280 g/mol. The Labute approximate surface area is 118 Å². The summed E-state index contributed by atoms with van der Waals surface area (Å²) >= 11 is 0. The van der Waals surface area contributed by atoms with Gasteiger partial charge in [0.25, 0.3) is 0 Å². The SMILES string of the molecule is CCOC(=O)c1ccc(NC(=O)CNCCOC)cc1. The van der Waals surface area contributed by atoms with E-state index < -0.39 is 0 Å². The maximum Gasteiger partial charge on any atom is 0.338 e. The van der Waals surface area contributed by atoms with Gasteiger partial charge in [-0.25, -0.2) is 4.79 Å². The number of amides is 1. The van der Waals surface area contributed by atoms with Gasteiger partial charge in [0, 0.05) is 19.3 Å². The van der Waals surface area contributed by atoms with Gasteiger partial charge in [-0.2, -0.15) is 0 Å². The molecule has 0 aliphatic heterocycles. The van der Waals surface area contributed by atoms with Crippen LogP contribution in [-0.4, -0.2) is 45.3 Å². The van der Waals surface area contributed by atoms with Gasteiger partial charge >= 0.3 is 5.97 Å². The summed E-state index contributed by atoms with van der Waals surface area (Å²) < 4.78 is 9.74. The Morgan fingerprint density at radius 2 is 1.90 bits per heavy atom. The maximum absolute atomic E-state index is 11.6. The van der Waals surface area contributed by atoms with Crippen LogP contribution < -0.4 is 10.6 Å². The third kappa shape index (κ3) is 5.81. The Hall–Kier alpha value is -1.92. The molecule has 110 valence electrons. The first kappa shape index (κ1) is 16.1. The standard InChI is InChI=1S/C14H20N2O4/c1-3-20-14(18)11-4-6-12(7-5-11)16-13(17)10-15-8-9-19-2/h4-7,15H,3,8-10H2,1-2H3,(H,16,17). The number of ether oxygens (including phenoxy) is 2. The summed E-state index contributed by atoms with van der Waals surface area (Å²) in [5.41, 5.74) is 1.10. The molecular weight excluding hydrogens is 260 g/mol. The molecule has 0 heterocycles. The molecule has 0 unspecified atom stereocenters. The van der Waals surface area contributed by atoms with Crippen molar-refractivity contribution in [3.63, 3.8) is 0 Å². The molecule has 0 atom stereocenters. The Bertz CT molecular complexity index is 431. The maximum atomic E-state index is 11.6. The molecule has 2 N–H and O–H groups in total. The average molecular weight is 280 g/mol. The van der Waals surface area contributed by atoms with E-state index in [1.165, 1.54) is 0 Å². The number of rotatable bonds is 8. The van der Waals surface area contributed by atoms with E-state index in [-0.39, 0.29) is 18.4 Å². The molecule has 1 rings (SSSR count). The lowest BCUT2D eigenvalue weighted by atomic mass is 10.2. The number of anilines is 1. The zero-order chi connectivity index (χ0) is 14.8. The smallest absolute Gasteiger partial charge is 0.338 e. The molecule has 0 aromatic heterocycles. The van der Waals surface area contributed by atoms with Gasteiger partial charge in [-0.3, -0.25) is 4.79 Å². The summed E-state index contributed by atoms with van der Waals surface area (Å²) in [6, 6.07) is 6.57. The lowest BCUT2D eigenvalue weighted by Crippen LogP contribution is -2.30. The van der Waals surface area contributed by atoms with Crippen molar-refractivity contribution in [2.75, 3.05) is 38.7 Å². The van der Waals surface area contributed by atoms with Gasteiger partial charge in [0.05, 0.1) is 25.3 Å². The number of hydrogen-bond acceptors (Lipinski definition) is 5. The first-order chi connectivity index (χ1) is 9.67. The van der Waals surface area contributed by atoms with Gasteiger partial charge in [-0.1, -0.05) is 0 Å². The van der Waals surface area contributed by atoms with Gasteiger partial charge in [0.1, 0.15) is 0 Å². The highest BCUT2D eigenvalue weighted by atomic mass is 16.5. The van der Waals surface area contributed by atoms with Crippen LogP contribution in [-0.2, 0) is 14.3 Å². The van der Waals surface area contributed by atoms with Gasteiger partial charge in [-0.15, -0.1) is 0 Å². The van der Waals surface area contributed by atoms with Crippen molar-refractivity contribution in [3.8, 4) is 0 Å². The minimum Gasteiger partial charge on any atom is -0.462 e. The van der Waals surface area contributed by atoms with Gasteiger partial charge in [0.2, 0.25) is 5.91 Å². The Morgan fingerprint density at radius 1 is 1.20 bits per heavy atom. The average Bonchev–Trinajstić information content (AvgIpc) is 2.45. The normalized spacial score (nSPS) is 10.1. The molecule has 1 aromatic carbocycles. The number of carbonyl (C=O) groups is 2. The van der Waals surface area contributed by atoms with Crippen LogP contribution in [0.25, 0.3) is 0 Å². The van der Waals surface area contributed by atoms with E-state index in [0.29, 0.717) is 31.0 Å². The number of esters is 1. The van der Waals surface area contributed by atoms with Crippen LogP contribution in [0.15, 0.2) is 24.3 Å². The second kappa shape index (κ2) is 9.06. The molecule has 0 radical (unpaired) electrons. The minimum atomic E-state index is -0.369. The van der Waals surface area contributed by atoms with Crippen molar-refractivity contribution >= 4 is 17.6 Å². The van der Waals surface area contributed by atoms with E-state index in [0.717, 1.165) is 0 Å². The molecule has 0 spiro atoms. The number of carbonyl (C=O) groups excluding carboxylic acids is 2. The second-order valence-corrected chi connectivity index (χ2v) is 4.02. The van der Waals surface area contributed by atoms with Crippen molar-refractivity contribution in [2.24, 2.45) is 0 Å². The predicted molar refractivity (Wildman–Crippen MR) is 75.8 cm³/mol. The fourth-order valence-electron chi connectivity index (χ4n) is 1.49. The van der Waals surface area contributed by atoms with Crippen molar-refractivity contribution < 1.29 is 19.1 Å². The fraction of sp³-hybridized carbons (Fsp3) is 0.429. The van der Waals surface area contributed by atoms with Crippen LogP contribution in [0, 0.1) is 0 Å². The quantitative estimate of drug-likeness (QED) is 0.549. The first-order valence-corrected chi connectivity index (χ1v) is 6.44. The summed E-state index contributed by atoms with van der Waals surface area (Å²) in [7, 11) is 1.60. The molecule has 0 bridgehead atoms. The summed E-state index contributed by atoms with van der Waals surface area (Å²) in [6.07, 6.45) is 0. The van der Waals surface area contributed by atoms with Gasteiger partial charge in [-0.05, 0) is 31.2 Å². The van der Waals surface area contributed by atoms with Crippen LogP contribution in [0.1, 0.15) is 17.3 Å². The van der Waals surface area contributed by atoms with E-state index >= 15 is 0 Å². The van der Waals surface area contributed by atoms with Crippen molar-refractivity contribution in [1.82, 2.24) is 5.32 Å². The third-order valence-electron chi connectivity index (χ3n) is 2.45. The summed E-state index contributed by atoms with van der Waals surface area (Å²) in [5, 5.41) is 5.66. The highest BCUT2D eigenvalue weighted by Gasteiger charge is 2.06. The van der Waals surface area contributed by atoms with E-state index in [4.69, 9.17) is 9.47 Å². The van der Waals surface area contributed by atoms with E-state index in [2.05, 4.69) is 10.6 Å². The minimum absolute atomic E-state index is 0.148. The topological polar surface area (TPSA) is 76.7 Å². The largest absolute Gasteiger partial charge is 0.462 e. The molecule has 1 amide bonds. The molecule has 6 heteroatoms. The first-order valence-electron chi connectivity index (χ1n) is 6.44. The number of hydrogen-bond donors (Lipinski definition) is 2. The molecule has 20 heavy (non-hydrogen) atoms. The lowest BCUT2D eigenvalue weighted by molar-refractivity contribution is -0.115. The molecule has 0 saturated heterocycles. The molecule has 0 saturated carbocycles. The molecular formula is C14H20N2O4. The number of nitrogens with one attached hydrogen (secondary N) is 2. The highest BCUT2D eigenvalue weighted by molar-refractivity contribution is 5.93. The third-order valence-corrected chi connectivity index (χ3v) is 2.45. The zero-order valence-electron chi connectivity index (χ0n) is 11.8. The Balaban J connectivity index is 2.41. The fourth-order valence-corrected chi connectivity index (χ4v) is 1.49. The van der Waals surface area contributed by atoms with Gasteiger partial charge in [0.15, 0.2) is 0 Å². The molecule has 0 aliphatic carbocycles. The van der Waals surface area contributed by atoms with Crippen molar-refractivity contribution in [1.29, 1.82) is 0 Å². The molecule has 1 aromatic rings. The molecule has 0 aliphatic rings. The summed E-state index contributed by atoms with van der Waals surface area (Å²) in [4.78, 5) is 23.0. The van der Waals surface area contributed by atoms with Crippen LogP contribution >= 0.6 is 0 Å². The second-order valence-electron chi connectivity index (χ2n) is 4.02.